The van der Waals surface area contributed by atoms with Gasteiger partial charge in [-0.25, -0.2) is 4.98 Å². The smallest absolute Gasteiger partial charge is 0.323 e. The van der Waals surface area contributed by atoms with Crippen molar-refractivity contribution < 1.29 is 4.74 Å². The lowest BCUT2D eigenvalue weighted by Gasteiger charge is -2.07. The van der Waals surface area contributed by atoms with Crippen molar-refractivity contribution in [1.82, 2.24) is 24.5 Å². The van der Waals surface area contributed by atoms with Crippen molar-refractivity contribution in [2.24, 2.45) is 0 Å². The lowest BCUT2D eigenvalue weighted by Crippen LogP contribution is -2.10. The molecule has 2 aromatic heterocycles. The highest BCUT2D eigenvalue weighted by Crippen LogP contribution is 2.10. The maximum atomic E-state index is 5.33. The normalized spacial score (nSPS) is 10.1. The van der Waals surface area contributed by atoms with Crippen LogP contribution >= 0.6 is 0 Å². The molecule has 0 aliphatic carbocycles. The third-order valence-corrected chi connectivity index (χ3v) is 2.00. The average Bonchev–Trinajstić information content (AvgIpc) is 2.90. The second kappa shape index (κ2) is 5.76. The molecule has 0 atom stereocenters. The fourth-order valence-electron chi connectivity index (χ4n) is 1.27. The third-order valence-electron chi connectivity index (χ3n) is 2.00. The van der Waals surface area contributed by atoms with E-state index in [1.54, 1.807) is 29.4 Å². The molecule has 0 bridgehead atoms. The summed E-state index contributed by atoms with van der Waals surface area (Å²) < 4.78 is 7.01. The molecular formula is C11H14N6O. The summed E-state index contributed by atoms with van der Waals surface area (Å²) in [6.45, 7) is 6.61. The van der Waals surface area contributed by atoms with Crippen LogP contribution in [0.4, 0.5) is 5.95 Å². The van der Waals surface area contributed by atoms with Gasteiger partial charge in [0.25, 0.3) is 0 Å². The number of anilines is 1. The van der Waals surface area contributed by atoms with Gasteiger partial charge in [0.2, 0.25) is 11.9 Å². The number of nitrogens with zero attached hydrogens (tertiary/aromatic N) is 5. The highest BCUT2D eigenvalue weighted by atomic mass is 16.5. The highest BCUT2D eigenvalue weighted by Gasteiger charge is 2.08. The van der Waals surface area contributed by atoms with E-state index in [1.165, 1.54) is 0 Å². The van der Waals surface area contributed by atoms with Crippen LogP contribution < -0.4 is 10.1 Å². The lowest BCUT2D eigenvalue weighted by molar-refractivity contribution is 0.332. The monoisotopic (exact) mass is 246 g/mol. The Hall–Kier alpha value is -2.44. The Morgan fingerprint density at radius 3 is 3.00 bits per heavy atom. The van der Waals surface area contributed by atoms with E-state index in [0.29, 0.717) is 25.0 Å². The molecule has 2 heterocycles. The van der Waals surface area contributed by atoms with Crippen LogP contribution in [0.2, 0.25) is 0 Å². The zero-order valence-electron chi connectivity index (χ0n) is 10.1. The summed E-state index contributed by atoms with van der Waals surface area (Å²) in [6.07, 6.45) is 6.65. The van der Waals surface area contributed by atoms with Gasteiger partial charge in [-0.3, -0.25) is 4.57 Å². The molecule has 7 nitrogen and oxygen atoms in total. The molecule has 7 heteroatoms. The van der Waals surface area contributed by atoms with Crippen LogP contribution in [-0.2, 0) is 0 Å². The summed E-state index contributed by atoms with van der Waals surface area (Å²) in [5.74, 6) is 0.924. The first-order valence-corrected chi connectivity index (χ1v) is 5.55. The second-order valence-corrected chi connectivity index (χ2v) is 3.34. The molecule has 18 heavy (non-hydrogen) atoms. The molecule has 0 radical (unpaired) electrons. The topological polar surface area (TPSA) is 77.8 Å². The van der Waals surface area contributed by atoms with Gasteiger partial charge in [-0.2, -0.15) is 15.0 Å². The van der Waals surface area contributed by atoms with Crippen LogP contribution in [0.1, 0.15) is 6.92 Å². The Morgan fingerprint density at radius 2 is 2.33 bits per heavy atom. The first-order valence-electron chi connectivity index (χ1n) is 5.55. The van der Waals surface area contributed by atoms with Gasteiger partial charge in [0.15, 0.2) is 0 Å². The van der Waals surface area contributed by atoms with Crippen molar-refractivity contribution in [3.8, 4) is 12.0 Å². The van der Waals surface area contributed by atoms with Gasteiger partial charge in [0, 0.05) is 18.9 Å². The lowest BCUT2D eigenvalue weighted by atomic mass is 10.7. The van der Waals surface area contributed by atoms with E-state index in [2.05, 4.69) is 31.8 Å². The van der Waals surface area contributed by atoms with Gasteiger partial charge in [-0.05, 0) is 6.92 Å². The van der Waals surface area contributed by atoms with Crippen LogP contribution in [-0.4, -0.2) is 37.7 Å². The van der Waals surface area contributed by atoms with E-state index >= 15 is 0 Å². The molecule has 2 aromatic rings. The molecule has 0 unspecified atom stereocenters. The Kier molecular flexibility index (Phi) is 3.85. The number of aromatic nitrogens is 5. The summed E-state index contributed by atoms with van der Waals surface area (Å²) in [5, 5.41) is 3.02. The van der Waals surface area contributed by atoms with Crippen LogP contribution in [0, 0.1) is 0 Å². The minimum absolute atomic E-state index is 0.254. The Bertz CT molecular complexity index is 510. The molecule has 0 aliphatic rings. The number of rotatable bonds is 6. The largest absolute Gasteiger partial charge is 0.459 e. The van der Waals surface area contributed by atoms with Crippen molar-refractivity contribution in [3.63, 3.8) is 0 Å². The maximum Gasteiger partial charge on any atom is 0.323 e. The molecule has 0 spiro atoms. The third kappa shape index (κ3) is 2.82. The number of nitrogens with one attached hydrogen (secondary N) is 1. The summed E-state index contributed by atoms with van der Waals surface area (Å²) in [6, 6.07) is 0.254. The molecule has 1 N–H and O–H groups in total. The SMILES string of the molecule is C=CCOc1nc(NCC)nc(-n2ccnc2)n1. The zero-order chi connectivity index (χ0) is 12.8. The van der Waals surface area contributed by atoms with Crippen molar-refractivity contribution in [3.05, 3.63) is 31.4 Å². The summed E-state index contributed by atoms with van der Waals surface area (Å²) in [5.41, 5.74) is 0. The molecule has 0 aromatic carbocycles. The Balaban J connectivity index is 2.33. The first kappa shape index (κ1) is 12.0. The summed E-state index contributed by atoms with van der Waals surface area (Å²) in [7, 11) is 0. The molecule has 94 valence electrons. The number of ether oxygens (including phenoxy) is 1. The maximum absolute atomic E-state index is 5.33. The number of hydrogen-bond acceptors (Lipinski definition) is 6. The van der Waals surface area contributed by atoms with Gasteiger partial charge in [-0.1, -0.05) is 12.7 Å². The van der Waals surface area contributed by atoms with E-state index in [9.17, 15) is 0 Å². The predicted molar refractivity (Wildman–Crippen MR) is 66.8 cm³/mol. The standard InChI is InChI=1S/C11H14N6O/c1-3-7-18-11-15-9(13-4-2)14-10(16-11)17-6-5-12-8-17/h3,5-6,8H,1,4,7H2,2H3,(H,13,14,15,16). The fraction of sp³-hybridized carbons (Fsp3) is 0.273. The minimum Gasteiger partial charge on any atom is -0.459 e. The summed E-state index contributed by atoms with van der Waals surface area (Å²) >= 11 is 0. The van der Waals surface area contributed by atoms with Gasteiger partial charge < -0.3 is 10.1 Å². The van der Waals surface area contributed by atoms with Gasteiger partial charge in [-0.15, -0.1) is 0 Å². The molecule has 0 saturated heterocycles. The predicted octanol–water partition coefficient (Wildman–Crippen LogP) is 1.05. The van der Waals surface area contributed by atoms with Crippen molar-refractivity contribution in [1.29, 1.82) is 0 Å². The van der Waals surface area contributed by atoms with Crippen molar-refractivity contribution >= 4 is 5.95 Å². The van der Waals surface area contributed by atoms with E-state index in [1.807, 2.05) is 6.92 Å². The number of hydrogen-bond donors (Lipinski definition) is 1. The van der Waals surface area contributed by atoms with Crippen molar-refractivity contribution in [2.45, 2.75) is 6.92 Å². The fourth-order valence-corrected chi connectivity index (χ4v) is 1.27. The van der Waals surface area contributed by atoms with Crippen LogP contribution in [0.15, 0.2) is 31.4 Å². The summed E-state index contributed by atoms with van der Waals surface area (Å²) in [4.78, 5) is 16.5. The van der Waals surface area contributed by atoms with Gasteiger partial charge in [0.05, 0.1) is 0 Å². The first-order chi connectivity index (χ1) is 8.83. The van der Waals surface area contributed by atoms with E-state index < -0.39 is 0 Å². The van der Waals surface area contributed by atoms with E-state index in [-0.39, 0.29) is 6.01 Å². The average molecular weight is 246 g/mol. The van der Waals surface area contributed by atoms with Crippen LogP contribution in [0.25, 0.3) is 5.95 Å². The van der Waals surface area contributed by atoms with Gasteiger partial charge >= 0.3 is 6.01 Å². The van der Waals surface area contributed by atoms with Gasteiger partial charge in [0.1, 0.15) is 12.9 Å². The molecular weight excluding hydrogens is 232 g/mol. The molecule has 2 rings (SSSR count). The second-order valence-electron chi connectivity index (χ2n) is 3.34. The molecule has 0 saturated carbocycles. The minimum atomic E-state index is 0.254. The molecule has 0 amide bonds. The van der Waals surface area contributed by atoms with E-state index in [0.717, 1.165) is 0 Å². The quantitative estimate of drug-likeness (QED) is 0.768. The zero-order valence-corrected chi connectivity index (χ0v) is 10.1. The number of imidazole rings is 1. The Labute approximate surface area is 105 Å². The molecule has 0 aliphatic heterocycles. The Morgan fingerprint density at radius 1 is 1.44 bits per heavy atom. The van der Waals surface area contributed by atoms with Crippen molar-refractivity contribution in [2.75, 3.05) is 18.5 Å². The highest BCUT2D eigenvalue weighted by molar-refractivity contribution is 5.30. The molecule has 0 fully saturated rings. The van der Waals surface area contributed by atoms with E-state index in [4.69, 9.17) is 4.74 Å². The van der Waals surface area contributed by atoms with Crippen LogP contribution in [0.5, 0.6) is 6.01 Å². The van der Waals surface area contributed by atoms with Crippen LogP contribution in [0.3, 0.4) is 0 Å².